The summed E-state index contributed by atoms with van der Waals surface area (Å²) in [5.74, 6) is 1.55. The lowest BCUT2D eigenvalue weighted by Crippen LogP contribution is -2.51. The van der Waals surface area contributed by atoms with Crippen molar-refractivity contribution in [3.05, 3.63) is 29.6 Å². The molecule has 0 aromatic carbocycles. The number of morpholine rings is 1. The topological polar surface area (TPSA) is 61.8 Å². The summed E-state index contributed by atoms with van der Waals surface area (Å²) in [6, 6.07) is 2.60. The smallest absolute Gasteiger partial charge is 0.191 e. The average Bonchev–Trinajstić information content (AvgIpc) is 2.65. The summed E-state index contributed by atoms with van der Waals surface area (Å²) >= 11 is 0. The maximum Gasteiger partial charge on any atom is 0.191 e. The number of nitrogens with one attached hydrogen (secondary N) is 2. The molecule has 1 aliphatic heterocycles. The summed E-state index contributed by atoms with van der Waals surface area (Å²) in [5.41, 5.74) is 2.57. The highest BCUT2D eigenvalue weighted by molar-refractivity contribution is 5.79. The summed E-state index contributed by atoms with van der Waals surface area (Å²) in [4.78, 5) is 11.1. The van der Waals surface area contributed by atoms with Gasteiger partial charge in [0.1, 0.15) is 0 Å². The average molecular weight is 362 g/mol. The Balaban J connectivity index is 1.80. The maximum atomic E-state index is 5.50. The van der Waals surface area contributed by atoms with E-state index >= 15 is 0 Å². The molecule has 146 valence electrons. The Morgan fingerprint density at radius 3 is 2.73 bits per heavy atom. The van der Waals surface area contributed by atoms with Gasteiger partial charge in [-0.15, -0.1) is 0 Å². The summed E-state index contributed by atoms with van der Waals surface area (Å²) in [7, 11) is 1.83. The number of nitrogens with zero attached hydrogens (tertiary/aromatic N) is 3. The lowest BCUT2D eigenvalue weighted by atomic mass is 10.0. The zero-order chi connectivity index (χ0) is 18.8. The number of guanidine groups is 1. The van der Waals surface area contributed by atoms with Crippen molar-refractivity contribution in [1.29, 1.82) is 0 Å². The first-order valence-corrected chi connectivity index (χ1v) is 9.76. The van der Waals surface area contributed by atoms with E-state index in [4.69, 9.17) is 4.74 Å². The van der Waals surface area contributed by atoms with Crippen LogP contribution < -0.4 is 10.6 Å². The standard InChI is InChI=1S/C20H35N5O/c1-16(2)13-19(25-9-11-26-12-10-25)15-24-20(21-4)23-8-6-18-5-7-22-14-17(18)3/h5,7,14,16,19H,6,8-13,15H2,1-4H3,(H2,21,23,24). The van der Waals surface area contributed by atoms with Crippen LogP contribution in [0.4, 0.5) is 0 Å². The van der Waals surface area contributed by atoms with Crippen LogP contribution >= 0.6 is 0 Å². The number of ether oxygens (including phenoxy) is 1. The fraction of sp³-hybridized carbons (Fsp3) is 0.700. The third-order valence-corrected chi connectivity index (χ3v) is 4.86. The summed E-state index contributed by atoms with van der Waals surface area (Å²) in [6.45, 7) is 12.2. The molecule has 26 heavy (non-hydrogen) atoms. The van der Waals surface area contributed by atoms with Crippen LogP contribution in [0.15, 0.2) is 23.5 Å². The SMILES string of the molecule is CN=C(NCCc1ccncc1C)NCC(CC(C)C)N1CCOCC1. The molecule has 1 aromatic heterocycles. The number of aliphatic imine (C=N–C) groups is 1. The minimum absolute atomic E-state index is 0.514. The fourth-order valence-electron chi connectivity index (χ4n) is 3.38. The van der Waals surface area contributed by atoms with Gasteiger partial charge < -0.3 is 15.4 Å². The number of hydrogen-bond donors (Lipinski definition) is 2. The Labute approximate surface area is 158 Å². The molecule has 1 aromatic rings. The Hall–Kier alpha value is -1.66. The molecule has 1 aliphatic rings. The molecule has 6 heteroatoms. The summed E-state index contributed by atoms with van der Waals surface area (Å²) in [5, 5.41) is 6.95. The van der Waals surface area contributed by atoms with Crippen LogP contribution in [0.2, 0.25) is 0 Å². The van der Waals surface area contributed by atoms with Crippen LogP contribution in [0.1, 0.15) is 31.4 Å². The van der Waals surface area contributed by atoms with Gasteiger partial charge in [0.25, 0.3) is 0 Å². The number of hydrogen-bond acceptors (Lipinski definition) is 4. The zero-order valence-corrected chi connectivity index (χ0v) is 16.8. The molecule has 0 saturated carbocycles. The molecule has 2 N–H and O–H groups in total. The van der Waals surface area contributed by atoms with Gasteiger partial charge in [-0.3, -0.25) is 14.9 Å². The molecule has 1 fully saturated rings. The maximum absolute atomic E-state index is 5.50. The predicted molar refractivity (Wildman–Crippen MR) is 108 cm³/mol. The fourth-order valence-corrected chi connectivity index (χ4v) is 3.38. The van der Waals surface area contributed by atoms with Gasteiger partial charge in [0, 0.05) is 51.7 Å². The number of pyridine rings is 1. The second-order valence-electron chi connectivity index (χ2n) is 7.36. The predicted octanol–water partition coefficient (Wildman–Crippen LogP) is 1.84. The first-order chi connectivity index (χ1) is 12.6. The second-order valence-corrected chi connectivity index (χ2v) is 7.36. The first-order valence-electron chi connectivity index (χ1n) is 9.76. The van der Waals surface area contributed by atoms with E-state index in [2.05, 4.69) is 52.3 Å². The lowest BCUT2D eigenvalue weighted by Gasteiger charge is -2.35. The Kier molecular flexibility index (Phi) is 8.85. The van der Waals surface area contributed by atoms with E-state index in [0.29, 0.717) is 12.0 Å². The van der Waals surface area contributed by atoms with Gasteiger partial charge in [-0.25, -0.2) is 0 Å². The molecule has 2 rings (SSSR count). The third-order valence-electron chi connectivity index (χ3n) is 4.86. The van der Waals surface area contributed by atoms with Crippen molar-refractivity contribution >= 4 is 5.96 Å². The van der Waals surface area contributed by atoms with Crippen molar-refractivity contribution in [2.24, 2.45) is 10.9 Å². The van der Waals surface area contributed by atoms with E-state index in [-0.39, 0.29) is 0 Å². The molecule has 0 amide bonds. The lowest BCUT2D eigenvalue weighted by molar-refractivity contribution is 0.0132. The highest BCUT2D eigenvalue weighted by Gasteiger charge is 2.22. The van der Waals surface area contributed by atoms with E-state index in [1.165, 1.54) is 17.5 Å². The molecular formula is C20H35N5O. The normalized spacial score (nSPS) is 17.3. The molecular weight excluding hydrogens is 326 g/mol. The summed E-state index contributed by atoms with van der Waals surface area (Å²) < 4.78 is 5.50. The van der Waals surface area contributed by atoms with Crippen molar-refractivity contribution in [3.8, 4) is 0 Å². The van der Waals surface area contributed by atoms with Gasteiger partial charge in [0.15, 0.2) is 5.96 Å². The molecule has 0 spiro atoms. The molecule has 0 radical (unpaired) electrons. The second kappa shape index (κ2) is 11.1. The first kappa shape index (κ1) is 20.6. The van der Waals surface area contributed by atoms with Crippen LogP contribution in [0.5, 0.6) is 0 Å². The molecule has 6 nitrogen and oxygen atoms in total. The van der Waals surface area contributed by atoms with Crippen molar-refractivity contribution in [3.63, 3.8) is 0 Å². The third kappa shape index (κ3) is 6.92. The molecule has 1 saturated heterocycles. The molecule has 0 aliphatic carbocycles. The minimum atomic E-state index is 0.514. The van der Waals surface area contributed by atoms with E-state index in [9.17, 15) is 0 Å². The van der Waals surface area contributed by atoms with Gasteiger partial charge >= 0.3 is 0 Å². The van der Waals surface area contributed by atoms with Gasteiger partial charge in [-0.1, -0.05) is 13.8 Å². The Morgan fingerprint density at radius 2 is 2.08 bits per heavy atom. The quantitative estimate of drug-likeness (QED) is 0.546. The van der Waals surface area contributed by atoms with Crippen LogP contribution in [-0.4, -0.2) is 68.3 Å². The van der Waals surface area contributed by atoms with Crippen molar-refractivity contribution < 1.29 is 4.74 Å². The van der Waals surface area contributed by atoms with Crippen molar-refractivity contribution in [2.75, 3.05) is 46.4 Å². The van der Waals surface area contributed by atoms with E-state index < -0.39 is 0 Å². The van der Waals surface area contributed by atoms with E-state index in [0.717, 1.165) is 51.8 Å². The van der Waals surface area contributed by atoms with Crippen LogP contribution in [0, 0.1) is 12.8 Å². The largest absolute Gasteiger partial charge is 0.379 e. The van der Waals surface area contributed by atoms with Gasteiger partial charge in [-0.05, 0) is 42.9 Å². The Morgan fingerprint density at radius 1 is 1.31 bits per heavy atom. The van der Waals surface area contributed by atoms with Crippen molar-refractivity contribution in [1.82, 2.24) is 20.5 Å². The molecule has 0 bridgehead atoms. The van der Waals surface area contributed by atoms with E-state index in [1.807, 2.05) is 19.4 Å². The van der Waals surface area contributed by atoms with E-state index in [1.54, 1.807) is 0 Å². The van der Waals surface area contributed by atoms with Crippen LogP contribution in [0.25, 0.3) is 0 Å². The monoisotopic (exact) mass is 361 g/mol. The number of aryl methyl sites for hydroxylation is 1. The summed E-state index contributed by atoms with van der Waals surface area (Å²) in [6.07, 6.45) is 5.92. The minimum Gasteiger partial charge on any atom is -0.379 e. The highest BCUT2D eigenvalue weighted by atomic mass is 16.5. The molecule has 1 atom stereocenters. The van der Waals surface area contributed by atoms with Crippen LogP contribution in [0.3, 0.4) is 0 Å². The molecule has 1 unspecified atom stereocenters. The zero-order valence-electron chi connectivity index (χ0n) is 16.8. The van der Waals surface area contributed by atoms with Gasteiger partial charge in [0.2, 0.25) is 0 Å². The number of aromatic nitrogens is 1. The van der Waals surface area contributed by atoms with Gasteiger partial charge in [0.05, 0.1) is 13.2 Å². The Bertz CT molecular complexity index is 555. The number of rotatable bonds is 8. The molecule has 2 heterocycles. The van der Waals surface area contributed by atoms with Crippen LogP contribution in [-0.2, 0) is 11.2 Å². The highest BCUT2D eigenvalue weighted by Crippen LogP contribution is 2.13. The van der Waals surface area contributed by atoms with Gasteiger partial charge in [-0.2, -0.15) is 0 Å². The van der Waals surface area contributed by atoms with Crippen molar-refractivity contribution in [2.45, 2.75) is 39.7 Å².